The van der Waals surface area contributed by atoms with E-state index in [1.165, 1.54) is 0 Å². The number of aryl methyl sites for hydroxylation is 1. The summed E-state index contributed by atoms with van der Waals surface area (Å²) >= 11 is 0. The third-order valence-electron chi connectivity index (χ3n) is 3.01. The summed E-state index contributed by atoms with van der Waals surface area (Å²) in [4.78, 5) is 16.1. The van der Waals surface area contributed by atoms with E-state index in [4.69, 9.17) is 5.73 Å². The van der Waals surface area contributed by atoms with Gasteiger partial charge >= 0.3 is 0 Å². The number of rotatable bonds is 5. The molecular formula is C14H18N4O. The second-order valence-corrected chi connectivity index (χ2v) is 4.38. The molecular weight excluding hydrogens is 240 g/mol. The summed E-state index contributed by atoms with van der Waals surface area (Å²) in [5, 5.41) is 2.83. The molecule has 1 aromatic heterocycles. The van der Waals surface area contributed by atoms with Crippen LogP contribution in [0.5, 0.6) is 0 Å². The zero-order valence-corrected chi connectivity index (χ0v) is 10.9. The number of hydrogen-bond donors (Lipinski definition) is 2. The molecule has 0 spiro atoms. The highest BCUT2D eigenvalue weighted by molar-refractivity contribution is 5.82. The Labute approximate surface area is 112 Å². The summed E-state index contributed by atoms with van der Waals surface area (Å²) in [5.41, 5.74) is 6.71. The summed E-state index contributed by atoms with van der Waals surface area (Å²) in [6, 6.07) is 8.72. The molecule has 0 radical (unpaired) electrons. The molecule has 0 saturated carbocycles. The van der Waals surface area contributed by atoms with Crippen molar-refractivity contribution < 1.29 is 4.79 Å². The molecule has 3 N–H and O–H groups in total. The summed E-state index contributed by atoms with van der Waals surface area (Å²) in [7, 11) is 1.93. The van der Waals surface area contributed by atoms with Crippen molar-refractivity contribution >= 4 is 5.91 Å². The van der Waals surface area contributed by atoms with Gasteiger partial charge in [0.1, 0.15) is 11.9 Å². The number of nitrogens with one attached hydrogen (secondary N) is 1. The number of benzene rings is 1. The lowest BCUT2D eigenvalue weighted by Crippen LogP contribution is -2.35. The number of imidazole rings is 1. The SMILES string of the molecule is Cn1ccnc1CCNC(=O)C(N)c1ccccc1. The van der Waals surface area contributed by atoms with E-state index < -0.39 is 6.04 Å². The first kappa shape index (κ1) is 13.3. The van der Waals surface area contributed by atoms with Gasteiger partial charge in [0.05, 0.1) is 0 Å². The van der Waals surface area contributed by atoms with Crippen LogP contribution in [-0.2, 0) is 18.3 Å². The van der Waals surface area contributed by atoms with Gasteiger partial charge in [0.15, 0.2) is 0 Å². The van der Waals surface area contributed by atoms with Gasteiger partial charge in [0, 0.05) is 32.4 Å². The second kappa shape index (κ2) is 6.15. The minimum absolute atomic E-state index is 0.166. The van der Waals surface area contributed by atoms with E-state index in [1.807, 2.05) is 48.1 Å². The van der Waals surface area contributed by atoms with E-state index >= 15 is 0 Å². The molecule has 19 heavy (non-hydrogen) atoms. The number of aromatic nitrogens is 2. The van der Waals surface area contributed by atoms with Crippen LogP contribution in [0, 0.1) is 0 Å². The Balaban J connectivity index is 1.83. The van der Waals surface area contributed by atoms with Crippen LogP contribution < -0.4 is 11.1 Å². The number of hydrogen-bond acceptors (Lipinski definition) is 3. The second-order valence-electron chi connectivity index (χ2n) is 4.38. The van der Waals surface area contributed by atoms with Gasteiger partial charge in [-0.1, -0.05) is 30.3 Å². The lowest BCUT2D eigenvalue weighted by atomic mass is 10.1. The lowest BCUT2D eigenvalue weighted by molar-refractivity contribution is -0.122. The first-order valence-electron chi connectivity index (χ1n) is 6.23. The molecule has 2 rings (SSSR count). The number of amides is 1. The van der Waals surface area contributed by atoms with E-state index in [9.17, 15) is 4.79 Å². The molecule has 1 atom stereocenters. The van der Waals surface area contributed by atoms with E-state index in [1.54, 1.807) is 6.20 Å². The van der Waals surface area contributed by atoms with Crippen molar-refractivity contribution in [2.45, 2.75) is 12.5 Å². The molecule has 100 valence electrons. The normalized spacial score (nSPS) is 12.1. The fraction of sp³-hybridized carbons (Fsp3) is 0.286. The molecule has 1 amide bonds. The van der Waals surface area contributed by atoms with E-state index in [2.05, 4.69) is 10.3 Å². The Morgan fingerprint density at radius 1 is 1.42 bits per heavy atom. The monoisotopic (exact) mass is 258 g/mol. The molecule has 0 fully saturated rings. The van der Waals surface area contributed by atoms with Gasteiger partial charge in [-0.2, -0.15) is 0 Å². The summed E-state index contributed by atoms with van der Waals surface area (Å²) in [5.74, 6) is 0.772. The van der Waals surface area contributed by atoms with Gasteiger partial charge in [-0.3, -0.25) is 4.79 Å². The average molecular weight is 258 g/mol. The van der Waals surface area contributed by atoms with Crippen molar-refractivity contribution in [3.63, 3.8) is 0 Å². The summed E-state index contributed by atoms with van der Waals surface area (Å²) < 4.78 is 1.93. The first-order valence-corrected chi connectivity index (χ1v) is 6.23. The largest absolute Gasteiger partial charge is 0.354 e. The molecule has 1 unspecified atom stereocenters. The Morgan fingerprint density at radius 3 is 2.79 bits per heavy atom. The highest BCUT2D eigenvalue weighted by atomic mass is 16.2. The van der Waals surface area contributed by atoms with Gasteiger partial charge in [0.25, 0.3) is 0 Å². The Hall–Kier alpha value is -2.14. The maximum absolute atomic E-state index is 11.9. The molecule has 0 bridgehead atoms. The van der Waals surface area contributed by atoms with Crippen molar-refractivity contribution in [2.24, 2.45) is 12.8 Å². The number of nitrogens with zero attached hydrogens (tertiary/aromatic N) is 2. The Kier molecular flexibility index (Phi) is 4.30. The van der Waals surface area contributed by atoms with Crippen LogP contribution in [0.4, 0.5) is 0 Å². The number of nitrogens with two attached hydrogens (primary N) is 1. The van der Waals surface area contributed by atoms with Crippen LogP contribution in [0.25, 0.3) is 0 Å². The average Bonchev–Trinajstić information content (AvgIpc) is 2.84. The topological polar surface area (TPSA) is 72.9 Å². The van der Waals surface area contributed by atoms with Crippen LogP contribution in [0.1, 0.15) is 17.4 Å². The standard InChI is InChI=1S/C14H18N4O/c1-18-10-9-16-12(18)7-8-17-14(19)13(15)11-5-3-2-4-6-11/h2-6,9-10,13H,7-8,15H2,1H3,(H,17,19). The summed E-state index contributed by atoms with van der Waals surface area (Å²) in [6.07, 6.45) is 4.32. The number of carbonyl (C=O) groups is 1. The molecule has 1 heterocycles. The maximum atomic E-state index is 11.9. The third-order valence-corrected chi connectivity index (χ3v) is 3.01. The summed E-state index contributed by atoms with van der Waals surface area (Å²) in [6.45, 7) is 0.532. The van der Waals surface area contributed by atoms with E-state index in [-0.39, 0.29) is 5.91 Å². The molecule has 5 nitrogen and oxygen atoms in total. The van der Waals surface area contributed by atoms with Crippen molar-refractivity contribution in [1.29, 1.82) is 0 Å². The third kappa shape index (κ3) is 3.42. The van der Waals surface area contributed by atoms with Gasteiger partial charge in [0.2, 0.25) is 5.91 Å². The minimum atomic E-state index is -0.623. The highest BCUT2D eigenvalue weighted by Gasteiger charge is 2.14. The molecule has 0 aliphatic heterocycles. The fourth-order valence-electron chi connectivity index (χ4n) is 1.86. The van der Waals surface area contributed by atoms with E-state index in [0.717, 1.165) is 11.4 Å². The lowest BCUT2D eigenvalue weighted by Gasteiger charge is -2.12. The van der Waals surface area contributed by atoms with E-state index in [0.29, 0.717) is 13.0 Å². The number of carbonyl (C=O) groups excluding carboxylic acids is 1. The molecule has 2 aromatic rings. The highest BCUT2D eigenvalue weighted by Crippen LogP contribution is 2.09. The van der Waals surface area contributed by atoms with Gasteiger partial charge in [-0.25, -0.2) is 4.98 Å². The Bertz CT molecular complexity index is 535. The fourth-order valence-corrected chi connectivity index (χ4v) is 1.86. The smallest absolute Gasteiger partial charge is 0.241 e. The molecule has 5 heteroatoms. The van der Waals surface area contributed by atoms with Crippen molar-refractivity contribution in [3.8, 4) is 0 Å². The predicted molar refractivity (Wildman–Crippen MR) is 73.3 cm³/mol. The predicted octanol–water partition coefficient (Wildman–Crippen LogP) is 0.779. The van der Waals surface area contributed by atoms with Crippen molar-refractivity contribution in [3.05, 3.63) is 54.1 Å². The van der Waals surface area contributed by atoms with Crippen molar-refractivity contribution in [1.82, 2.24) is 14.9 Å². The molecule has 0 aliphatic carbocycles. The first-order chi connectivity index (χ1) is 9.18. The van der Waals surface area contributed by atoms with Gasteiger partial charge in [-0.15, -0.1) is 0 Å². The van der Waals surface area contributed by atoms with Crippen molar-refractivity contribution in [2.75, 3.05) is 6.54 Å². The van der Waals surface area contributed by atoms with Crippen LogP contribution in [0.2, 0.25) is 0 Å². The minimum Gasteiger partial charge on any atom is -0.354 e. The zero-order valence-electron chi connectivity index (χ0n) is 10.9. The molecule has 1 aromatic carbocycles. The van der Waals surface area contributed by atoms with Crippen LogP contribution in [0.3, 0.4) is 0 Å². The zero-order chi connectivity index (χ0) is 13.7. The Morgan fingerprint density at radius 2 is 2.16 bits per heavy atom. The van der Waals surface area contributed by atoms with Gasteiger partial charge in [-0.05, 0) is 5.56 Å². The van der Waals surface area contributed by atoms with Gasteiger partial charge < -0.3 is 15.6 Å². The maximum Gasteiger partial charge on any atom is 0.241 e. The van der Waals surface area contributed by atoms with Crippen LogP contribution >= 0.6 is 0 Å². The van der Waals surface area contributed by atoms with Crippen LogP contribution in [-0.4, -0.2) is 22.0 Å². The van der Waals surface area contributed by atoms with Crippen LogP contribution in [0.15, 0.2) is 42.7 Å². The molecule has 0 aliphatic rings. The quantitative estimate of drug-likeness (QED) is 0.832. The molecule has 0 saturated heterocycles.